The van der Waals surface area contributed by atoms with Gasteiger partial charge in [-0.1, -0.05) is 335 Å². The van der Waals surface area contributed by atoms with E-state index in [0.29, 0.717) is 11.1 Å². The van der Waals surface area contributed by atoms with Crippen molar-refractivity contribution in [2.45, 2.75) is 195 Å². The first-order valence-electron chi connectivity index (χ1n) is 53.3. The zero-order valence-corrected chi connectivity index (χ0v) is 89.5. The van der Waals surface area contributed by atoms with E-state index in [1.165, 1.54) is 65.9 Å². The molecule has 3 aromatic heterocycles. The number of carbonyl (C=O) groups is 4. The predicted molar refractivity (Wildman–Crippen MR) is 611 cm³/mol. The number of hydrogen-bond donors (Lipinski definition) is 1. The number of nitrogens with zero attached hydrogens (tertiary/aromatic N) is 7. The van der Waals surface area contributed by atoms with Crippen molar-refractivity contribution in [1.82, 2.24) is 4.57 Å². The van der Waals surface area contributed by atoms with E-state index in [1.807, 2.05) is 129 Å². The number of benzene rings is 12. The van der Waals surface area contributed by atoms with Crippen LogP contribution in [0.1, 0.15) is 192 Å². The van der Waals surface area contributed by atoms with Crippen LogP contribution in [0, 0.1) is 0 Å². The van der Waals surface area contributed by atoms with Gasteiger partial charge in [0.25, 0.3) is 5.01 Å². The van der Waals surface area contributed by atoms with Crippen LogP contribution in [-0.2, 0) is 49.6 Å². The molecule has 150 heavy (non-hydrogen) atoms. The van der Waals surface area contributed by atoms with Gasteiger partial charge in [-0.2, -0.15) is 13.7 Å². The molecule has 18 heteroatoms. The Hall–Kier alpha value is -15.5. The number of Topliss-reactive ketones (excluding diaryl/α,β-unsaturated/α-hetero) is 4. The van der Waals surface area contributed by atoms with Crippen molar-refractivity contribution in [2.24, 2.45) is 0 Å². The highest BCUT2D eigenvalue weighted by atomic mass is 32.2. The van der Waals surface area contributed by atoms with Crippen molar-refractivity contribution in [3.05, 3.63) is 414 Å². The molecule has 756 valence electrons. The number of carbonyl (C=O) groups excluding carboxylic acids is 4. The molecule has 0 radical (unpaired) electrons. The molecular formula is C132H127N8O8S2-. The molecule has 1 atom stereocenters. The van der Waals surface area contributed by atoms with Crippen molar-refractivity contribution in [1.29, 1.82) is 0 Å². The maximum Gasteiger partial charge on any atom is 0.263 e. The molecule has 0 amide bonds. The third kappa shape index (κ3) is 18.5. The number of rotatable bonds is 24. The number of hydrogen-bond acceptors (Lipinski definition) is 14. The number of aromatic nitrogens is 3. The van der Waals surface area contributed by atoms with Crippen molar-refractivity contribution in [2.75, 3.05) is 47.2 Å². The maximum atomic E-state index is 13.5. The van der Waals surface area contributed by atoms with E-state index in [2.05, 4.69) is 285 Å². The highest BCUT2D eigenvalue weighted by molar-refractivity contribution is 8.03. The molecule has 0 saturated carbocycles. The van der Waals surface area contributed by atoms with E-state index in [4.69, 9.17) is 0 Å². The molecule has 1 N–H and O–H groups in total. The Labute approximate surface area is 886 Å². The largest absolute Gasteiger partial charge is 0.871 e. The molecule has 12 aromatic carbocycles. The van der Waals surface area contributed by atoms with Gasteiger partial charge in [0.1, 0.15) is 18.3 Å². The minimum Gasteiger partial charge on any atom is -0.871 e. The number of unbranched alkanes of at least 4 members (excludes halogenated alkanes) is 6. The third-order valence-electron chi connectivity index (χ3n) is 30.8. The molecule has 16 nitrogen and oxygen atoms in total. The first kappa shape index (κ1) is 102. The zero-order valence-electron chi connectivity index (χ0n) is 87.8. The van der Waals surface area contributed by atoms with Crippen LogP contribution >= 0.6 is 23.1 Å². The number of aryl methyl sites for hydroxylation is 3. The molecule has 8 heterocycles. The van der Waals surface area contributed by atoms with Crippen LogP contribution in [0.2, 0.25) is 0 Å². The van der Waals surface area contributed by atoms with Gasteiger partial charge in [-0.25, -0.2) is 0 Å². The fourth-order valence-corrected chi connectivity index (χ4v) is 24.6. The van der Waals surface area contributed by atoms with E-state index in [1.54, 1.807) is 53.5 Å². The summed E-state index contributed by atoms with van der Waals surface area (Å²) in [6, 6.07) is 84.9. The van der Waals surface area contributed by atoms with Gasteiger partial charge in [-0.3, -0.25) is 19.2 Å². The summed E-state index contributed by atoms with van der Waals surface area (Å²) in [6.07, 6.45) is 34.0. The summed E-state index contributed by atoms with van der Waals surface area (Å²) in [5.41, 5.74) is 18.8. The molecular weight excluding hydrogens is 1890 g/mol. The van der Waals surface area contributed by atoms with Gasteiger partial charge in [0.15, 0.2) is 41.6 Å². The van der Waals surface area contributed by atoms with Crippen molar-refractivity contribution < 1.29 is 53.3 Å². The molecule has 0 saturated heterocycles. The predicted octanol–water partition coefficient (Wildman–Crippen LogP) is 25.3. The Morgan fingerprint density at radius 2 is 0.993 bits per heavy atom. The number of para-hydroxylation sites is 4. The van der Waals surface area contributed by atoms with Gasteiger partial charge < -0.3 is 45.0 Å². The first-order chi connectivity index (χ1) is 72.8. The fourth-order valence-electron chi connectivity index (χ4n) is 22.3. The Morgan fingerprint density at radius 1 is 0.447 bits per heavy atom. The van der Waals surface area contributed by atoms with Gasteiger partial charge >= 0.3 is 0 Å². The van der Waals surface area contributed by atoms with Gasteiger partial charge in [-0.05, 0) is 168 Å². The van der Waals surface area contributed by atoms with E-state index in [0.717, 1.165) is 213 Å². The second-order valence-corrected chi connectivity index (χ2v) is 43.2. The van der Waals surface area contributed by atoms with E-state index < -0.39 is 0 Å². The highest BCUT2D eigenvalue weighted by Gasteiger charge is 2.47. The Bertz CT molecular complexity index is 8570. The SMILES string of the molecule is CCCC.CCCCN1/C(=C/C2=C([O-])C(=C/c3sc4ccccc4[n+]3CCCC)/C2=O)Sc2ccccc21.CCCCN1C=C/C(=C\C2=C([O-])C(=C/c3cc[n+](CCCC)c4ccccc34)/C2=O)c2ccccc21.CCCCn1/c(=C/C2=C([O-])C(=CC3Nc4cccc5cccc3c45)C2=O)c2cccc3cccc1c32.CN1/C(=C/C2=C([O-])C(=C/C3=[N+](C)c4c(ccc5ccccc45)C3(C)C)/C2=O)C(C)(C)c2ccc3ccccc3c21. The normalized spacial score (nSPS) is 18.5. The number of anilines is 4. The van der Waals surface area contributed by atoms with Crippen LogP contribution in [0.3, 0.4) is 0 Å². The topological polar surface area (TPSA) is 198 Å². The summed E-state index contributed by atoms with van der Waals surface area (Å²) in [7, 11) is 4.06. The van der Waals surface area contributed by atoms with Crippen LogP contribution in [0.4, 0.5) is 28.4 Å². The molecule has 0 bridgehead atoms. The number of thioether (sulfide) groups is 1. The molecule has 24 rings (SSSR count). The minimum atomic E-state index is -0.341. The van der Waals surface area contributed by atoms with Crippen LogP contribution in [0.15, 0.2) is 381 Å². The van der Waals surface area contributed by atoms with Gasteiger partial charge in [0.2, 0.25) is 16.7 Å². The fraction of sp³-hybridized carbons (Fsp3) is 0.250. The lowest BCUT2D eigenvalue weighted by Gasteiger charge is -2.32. The second-order valence-electron chi connectivity index (χ2n) is 41.1. The average molecular weight is 2020 g/mol. The number of fused-ring (bicyclic) bond motifs is 10. The smallest absolute Gasteiger partial charge is 0.263 e. The number of likely N-dealkylation sites (N-methyl/N-ethyl adjacent to an activating group) is 1. The average Bonchev–Trinajstić information content (AvgIpc) is 1.57. The number of nitrogens with one attached hydrogen (secondary N) is 1. The van der Waals surface area contributed by atoms with Crippen LogP contribution in [0.25, 0.3) is 98.9 Å². The lowest BCUT2D eigenvalue weighted by Crippen LogP contribution is -2.36. The summed E-state index contributed by atoms with van der Waals surface area (Å²) in [5.74, 6) is -1.36. The van der Waals surface area contributed by atoms with Crippen LogP contribution in [0.5, 0.6) is 0 Å². The summed E-state index contributed by atoms with van der Waals surface area (Å²) in [6.45, 7) is 28.4. The maximum absolute atomic E-state index is 13.5. The highest BCUT2D eigenvalue weighted by Crippen LogP contribution is 2.54. The van der Waals surface area contributed by atoms with E-state index >= 15 is 0 Å². The van der Waals surface area contributed by atoms with Gasteiger partial charge in [0.05, 0.1) is 38.6 Å². The Balaban J connectivity index is 0.000000120. The van der Waals surface area contributed by atoms with E-state index in [-0.39, 0.29) is 96.5 Å². The molecule has 4 aliphatic carbocycles. The molecule has 0 fully saturated rings. The zero-order chi connectivity index (χ0) is 105. The quantitative estimate of drug-likeness (QED) is 0.0443. The molecule has 0 spiro atoms. The summed E-state index contributed by atoms with van der Waals surface area (Å²) < 4.78 is 10.1. The van der Waals surface area contributed by atoms with Crippen molar-refractivity contribution in [3.8, 4) is 0 Å². The second kappa shape index (κ2) is 43.0. The summed E-state index contributed by atoms with van der Waals surface area (Å²) >= 11 is 3.27. The summed E-state index contributed by atoms with van der Waals surface area (Å²) in [5, 5.41) is 70.9. The van der Waals surface area contributed by atoms with E-state index in [9.17, 15) is 39.6 Å². The monoisotopic (exact) mass is 2020 g/mol. The summed E-state index contributed by atoms with van der Waals surface area (Å²) in [4.78, 5) is 60.8. The van der Waals surface area contributed by atoms with Crippen molar-refractivity contribution >= 4 is 179 Å². The molecule has 1 unspecified atom stereocenters. The molecule has 15 aromatic rings. The number of ketones is 4. The Kier molecular flexibility index (Phi) is 29.2. The molecule has 5 aliphatic heterocycles. The standard InChI is InChI=1S/C36H32N2O2.C32H26N2O2.C32H32N2O2.C28H28N2O2S2.C4H10/c1-35(2)27-17-15-21-11-7-9-13-23(21)31(27)37(5)29(35)19-25-33(39)26(34(25)40)20-30-36(3,4)28-18-16-22-12-8-10-14-24(22)32(28)38(30)6;1-2-3-16-34-27-15-7-11-20-9-5-13-22(30(20)27)28(34)18-24-31(35)23(32(24)36)17-26-21-12-4-8-19-10-6-14-25(33-26)29(19)21;1-3-5-17-33-19-15-23(25-11-7-9-13-29(25)33)21-27-31(35)28(32(27)36)22-24-16-20-34(18-6-4-2)30-14-10-8-12-26(24)30;1-3-5-15-29-21-11-7-9-13-23(21)33-25(29)17-19-27(31)20(28(19)32)18-26-30(16-6-4-2)22-12-8-10-14-24(22)34-26;1-3-4-2/h7-20H,1-6H3;4-15,17-18,26,33,35H,2-3,16H2,1H3;7-16,19-22H,3-6,17-18H2,1-2H3;7-14,17-18H,3-6,15-16H2,1-2H3;3-4H2,1-2H3/p-1/b;23-17?,28-18+;;;. The lowest BCUT2D eigenvalue weighted by molar-refractivity contribution is -0.671. The first-order valence-corrected chi connectivity index (χ1v) is 55.0. The van der Waals surface area contributed by atoms with Gasteiger partial charge in [-0.15, -0.1) is 0 Å². The molecule has 9 aliphatic rings. The lowest BCUT2D eigenvalue weighted by atomic mass is 9.77. The van der Waals surface area contributed by atoms with Gasteiger partial charge in [0, 0.05) is 192 Å². The van der Waals surface area contributed by atoms with Crippen LogP contribution in [-0.4, -0.2) is 65.2 Å². The number of thiazole rings is 1. The Morgan fingerprint density at radius 3 is 1.70 bits per heavy atom. The van der Waals surface area contributed by atoms with Crippen molar-refractivity contribution in [3.63, 3.8) is 0 Å². The minimum absolute atomic E-state index is 0.149. The number of allylic oxidation sites excluding steroid dienone is 15. The third-order valence-corrected chi connectivity index (χ3v) is 33.0. The number of pyridine rings is 1. The van der Waals surface area contributed by atoms with Crippen LogP contribution < -0.4 is 54.9 Å².